The van der Waals surface area contributed by atoms with E-state index in [0.717, 1.165) is 31.6 Å². The van der Waals surface area contributed by atoms with E-state index in [2.05, 4.69) is 17.2 Å². The third-order valence-corrected chi connectivity index (χ3v) is 4.52. The number of nitrogens with zero attached hydrogens (tertiary/aromatic N) is 3. The van der Waals surface area contributed by atoms with E-state index in [1.807, 2.05) is 37.1 Å². The lowest BCUT2D eigenvalue weighted by Crippen LogP contribution is -2.41. The van der Waals surface area contributed by atoms with Gasteiger partial charge in [-0.1, -0.05) is 30.3 Å². The average Bonchev–Trinajstić information content (AvgIpc) is 2.93. The van der Waals surface area contributed by atoms with E-state index in [4.69, 9.17) is 4.74 Å². The van der Waals surface area contributed by atoms with Crippen molar-refractivity contribution in [2.24, 2.45) is 7.05 Å². The Morgan fingerprint density at radius 1 is 1.26 bits per heavy atom. The predicted molar refractivity (Wildman–Crippen MR) is 88.1 cm³/mol. The number of hydrogen-bond acceptors (Lipinski definition) is 3. The van der Waals surface area contributed by atoms with E-state index in [1.54, 1.807) is 10.9 Å². The van der Waals surface area contributed by atoms with Crippen LogP contribution in [0.5, 0.6) is 0 Å². The Morgan fingerprint density at radius 3 is 2.57 bits per heavy atom. The Bertz CT molecular complexity index is 658. The largest absolute Gasteiger partial charge is 0.373 e. The summed E-state index contributed by atoms with van der Waals surface area (Å²) in [5.74, 6) is 0.0807. The van der Waals surface area contributed by atoms with Crippen LogP contribution in [-0.4, -0.2) is 39.8 Å². The van der Waals surface area contributed by atoms with Crippen molar-refractivity contribution in [1.82, 2.24) is 14.7 Å². The molecule has 3 rings (SSSR count). The summed E-state index contributed by atoms with van der Waals surface area (Å²) in [7, 11) is 1.86. The highest BCUT2D eigenvalue weighted by Crippen LogP contribution is 2.18. The Kier molecular flexibility index (Phi) is 4.76. The second kappa shape index (κ2) is 6.96. The standard InChI is InChI=1S/C18H23N3O2/c1-14-17(12-19-20(14)2)18(22)21-10-8-16(9-11-21)23-13-15-6-4-3-5-7-15/h3-7,12,16H,8-11,13H2,1-2H3. The summed E-state index contributed by atoms with van der Waals surface area (Å²) < 4.78 is 7.72. The molecule has 0 spiro atoms. The molecule has 0 unspecified atom stereocenters. The molecule has 0 radical (unpaired) electrons. The van der Waals surface area contributed by atoms with Gasteiger partial charge in [0.05, 0.1) is 24.5 Å². The zero-order valence-corrected chi connectivity index (χ0v) is 13.7. The molecule has 2 heterocycles. The Balaban J connectivity index is 1.50. The highest BCUT2D eigenvalue weighted by molar-refractivity contribution is 5.95. The minimum Gasteiger partial charge on any atom is -0.373 e. The predicted octanol–water partition coefficient (Wildman–Crippen LogP) is 2.55. The molecule has 0 saturated carbocycles. The van der Waals surface area contributed by atoms with Crippen LogP contribution in [0.2, 0.25) is 0 Å². The number of amides is 1. The molecule has 1 aromatic heterocycles. The zero-order chi connectivity index (χ0) is 16.2. The smallest absolute Gasteiger partial charge is 0.257 e. The number of aromatic nitrogens is 2. The normalized spacial score (nSPS) is 15.8. The molecule has 1 fully saturated rings. The van der Waals surface area contributed by atoms with Crippen LogP contribution in [0, 0.1) is 6.92 Å². The maximum Gasteiger partial charge on any atom is 0.257 e. The number of likely N-dealkylation sites (tertiary alicyclic amines) is 1. The summed E-state index contributed by atoms with van der Waals surface area (Å²) in [6, 6.07) is 10.2. The molecule has 5 nitrogen and oxygen atoms in total. The van der Waals surface area contributed by atoms with Crippen molar-refractivity contribution in [3.8, 4) is 0 Å². The van der Waals surface area contributed by atoms with Crippen molar-refractivity contribution in [3.63, 3.8) is 0 Å². The molecule has 122 valence electrons. The first-order valence-corrected chi connectivity index (χ1v) is 8.08. The number of carbonyl (C=O) groups is 1. The lowest BCUT2D eigenvalue weighted by atomic mass is 10.1. The van der Waals surface area contributed by atoms with Gasteiger partial charge < -0.3 is 9.64 Å². The third kappa shape index (κ3) is 3.62. The summed E-state index contributed by atoms with van der Waals surface area (Å²) in [5, 5.41) is 4.15. The van der Waals surface area contributed by atoms with E-state index in [0.29, 0.717) is 12.2 Å². The molecule has 0 aliphatic carbocycles. The van der Waals surface area contributed by atoms with E-state index < -0.39 is 0 Å². The topological polar surface area (TPSA) is 47.4 Å². The maximum absolute atomic E-state index is 12.6. The van der Waals surface area contributed by atoms with E-state index in [-0.39, 0.29) is 12.0 Å². The molecule has 2 aromatic rings. The van der Waals surface area contributed by atoms with Crippen molar-refractivity contribution in [3.05, 3.63) is 53.3 Å². The number of benzene rings is 1. The van der Waals surface area contributed by atoms with E-state index in [9.17, 15) is 4.79 Å². The van der Waals surface area contributed by atoms with Crippen molar-refractivity contribution in [2.75, 3.05) is 13.1 Å². The fourth-order valence-corrected chi connectivity index (χ4v) is 2.89. The van der Waals surface area contributed by atoms with Gasteiger partial charge in [0, 0.05) is 25.8 Å². The monoisotopic (exact) mass is 313 g/mol. The molecular formula is C18H23N3O2. The summed E-state index contributed by atoms with van der Waals surface area (Å²) in [4.78, 5) is 14.5. The number of aryl methyl sites for hydroxylation is 1. The van der Waals surface area contributed by atoms with E-state index >= 15 is 0 Å². The molecule has 5 heteroatoms. The van der Waals surface area contributed by atoms with Crippen molar-refractivity contribution < 1.29 is 9.53 Å². The van der Waals surface area contributed by atoms with E-state index in [1.165, 1.54) is 5.56 Å². The highest BCUT2D eigenvalue weighted by Gasteiger charge is 2.25. The van der Waals surface area contributed by atoms with Crippen LogP contribution in [0.3, 0.4) is 0 Å². The van der Waals surface area contributed by atoms with Gasteiger partial charge in [-0.15, -0.1) is 0 Å². The molecule has 1 aliphatic heterocycles. The summed E-state index contributed by atoms with van der Waals surface area (Å²) in [6.07, 6.45) is 3.67. The molecule has 23 heavy (non-hydrogen) atoms. The quantitative estimate of drug-likeness (QED) is 0.871. The van der Waals surface area contributed by atoms with Gasteiger partial charge in [-0.05, 0) is 25.3 Å². The first-order valence-electron chi connectivity index (χ1n) is 8.08. The van der Waals surface area contributed by atoms with Gasteiger partial charge in [0.25, 0.3) is 5.91 Å². The van der Waals surface area contributed by atoms with Gasteiger partial charge in [-0.25, -0.2) is 0 Å². The average molecular weight is 313 g/mol. The van der Waals surface area contributed by atoms with Crippen LogP contribution >= 0.6 is 0 Å². The van der Waals surface area contributed by atoms with Crippen LogP contribution in [-0.2, 0) is 18.4 Å². The molecule has 1 aromatic carbocycles. The number of carbonyl (C=O) groups excluding carboxylic acids is 1. The van der Waals surface area contributed by atoms with Crippen molar-refractivity contribution >= 4 is 5.91 Å². The molecule has 1 amide bonds. The second-order valence-corrected chi connectivity index (χ2v) is 6.06. The lowest BCUT2D eigenvalue weighted by Gasteiger charge is -2.32. The van der Waals surface area contributed by atoms with Gasteiger partial charge in [-0.2, -0.15) is 5.10 Å². The lowest BCUT2D eigenvalue weighted by molar-refractivity contribution is -0.000395. The molecule has 0 atom stereocenters. The minimum atomic E-state index is 0.0807. The first kappa shape index (κ1) is 15.7. The zero-order valence-electron chi connectivity index (χ0n) is 13.7. The summed E-state index contributed by atoms with van der Waals surface area (Å²) in [6.45, 7) is 4.05. The molecule has 0 bridgehead atoms. The Morgan fingerprint density at radius 2 is 1.96 bits per heavy atom. The number of piperidine rings is 1. The minimum absolute atomic E-state index is 0.0807. The molecule has 1 saturated heterocycles. The summed E-state index contributed by atoms with van der Waals surface area (Å²) in [5.41, 5.74) is 2.81. The van der Waals surface area contributed by atoms with Crippen LogP contribution < -0.4 is 0 Å². The number of rotatable bonds is 4. The number of hydrogen-bond donors (Lipinski definition) is 0. The van der Waals surface area contributed by atoms with Gasteiger partial charge in [-0.3, -0.25) is 9.48 Å². The van der Waals surface area contributed by atoms with Crippen molar-refractivity contribution in [2.45, 2.75) is 32.5 Å². The highest BCUT2D eigenvalue weighted by atomic mass is 16.5. The number of ether oxygens (including phenoxy) is 1. The summed E-state index contributed by atoms with van der Waals surface area (Å²) >= 11 is 0. The fourth-order valence-electron chi connectivity index (χ4n) is 2.89. The van der Waals surface area contributed by atoms with Crippen LogP contribution in [0.4, 0.5) is 0 Å². The van der Waals surface area contributed by atoms with Crippen LogP contribution in [0.25, 0.3) is 0 Å². The van der Waals surface area contributed by atoms with Crippen molar-refractivity contribution in [1.29, 1.82) is 0 Å². The van der Waals surface area contributed by atoms with Crippen LogP contribution in [0.15, 0.2) is 36.5 Å². The van der Waals surface area contributed by atoms with Crippen LogP contribution in [0.1, 0.15) is 34.5 Å². The third-order valence-electron chi connectivity index (χ3n) is 4.52. The Labute approximate surface area is 136 Å². The molecule has 0 N–H and O–H groups in total. The Hall–Kier alpha value is -2.14. The second-order valence-electron chi connectivity index (χ2n) is 6.06. The molecule has 1 aliphatic rings. The SMILES string of the molecule is Cc1c(C(=O)N2CCC(OCc3ccccc3)CC2)cnn1C. The van der Waals surface area contributed by atoms with Gasteiger partial charge >= 0.3 is 0 Å². The van der Waals surface area contributed by atoms with Gasteiger partial charge in [0.15, 0.2) is 0 Å². The molecular weight excluding hydrogens is 290 g/mol. The van der Waals surface area contributed by atoms with Gasteiger partial charge in [0.1, 0.15) is 0 Å². The fraction of sp³-hybridized carbons (Fsp3) is 0.444. The first-order chi connectivity index (χ1) is 11.1. The maximum atomic E-state index is 12.6. The van der Waals surface area contributed by atoms with Gasteiger partial charge in [0.2, 0.25) is 0 Å².